The first kappa shape index (κ1) is 38.6. The number of ether oxygens (including phenoxy) is 2. The molecule has 1 aliphatic carbocycles. The number of nitriles is 1. The van der Waals surface area contributed by atoms with Gasteiger partial charge in [0.15, 0.2) is 5.65 Å². The fraction of sp³-hybridized carbons (Fsp3) is 0.425. The molecule has 0 bridgehead atoms. The van der Waals surface area contributed by atoms with Gasteiger partial charge in [-0.2, -0.15) is 18.8 Å². The minimum atomic E-state index is -3.65. The number of rotatable bonds is 11. The molecule has 2 aliphatic rings. The van der Waals surface area contributed by atoms with Crippen LogP contribution in [0.15, 0.2) is 66.9 Å². The summed E-state index contributed by atoms with van der Waals surface area (Å²) < 4.78 is 43.5. The highest BCUT2D eigenvalue weighted by molar-refractivity contribution is 7.85. The lowest BCUT2D eigenvalue weighted by Crippen LogP contribution is -2.38. The highest BCUT2D eigenvalue weighted by Crippen LogP contribution is 2.39. The molecule has 0 radical (unpaired) electrons. The summed E-state index contributed by atoms with van der Waals surface area (Å²) in [6.45, 7) is 8.93. The van der Waals surface area contributed by atoms with Crippen LogP contribution in [0, 0.1) is 11.3 Å². The number of anilines is 2. The Balaban J connectivity index is 1.08. The van der Waals surface area contributed by atoms with E-state index in [9.17, 15) is 18.5 Å². The second-order valence-corrected chi connectivity index (χ2v) is 17.0. The van der Waals surface area contributed by atoms with Crippen LogP contribution in [0.3, 0.4) is 0 Å². The lowest BCUT2D eigenvalue weighted by atomic mass is 9.85. The van der Waals surface area contributed by atoms with Gasteiger partial charge in [0.25, 0.3) is 10.1 Å². The molecule has 1 fully saturated rings. The zero-order valence-corrected chi connectivity index (χ0v) is 33.0. The van der Waals surface area contributed by atoms with Gasteiger partial charge in [-0.1, -0.05) is 45.0 Å². The number of nitrogens with one attached hydrogen (secondary N) is 2. The molecule has 2 aromatic carbocycles. The van der Waals surface area contributed by atoms with E-state index in [1.54, 1.807) is 22.9 Å². The molecule has 1 saturated heterocycles. The average molecular weight is 782 g/mol. The third-order valence-electron chi connectivity index (χ3n) is 10.1. The molecule has 3 aromatic heterocycles. The van der Waals surface area contributed by atoms with Gasteiger partial charge >= 0.3 is 6.03 Å². The second-order valence-electron chi connectivity index (χ2n) is 15.3. The van der Waals surface area contributed by atoms with Crippen molar-refractivity contribution in [1.29, 1.82) is 5.26 Å². The van der Waals surface area contributed by atoms with E-state index in [0.29, 0.717) is 36.1 Å². The highest BCUT2D eigenvalue weighted by Gasteiger charge is 2.31. The molecule has 15 nitrogen and oxygen atoms in total. The molecule has 16 heteroatoms. The molecule has 4 heterocycles. The van der Waals surface area contributed by atoms with E-state index in [1.807, 2.05) is 73.8 Å². The Morgan fingerprint density at radius 3 is 2.55 bits per heavy atom. The zero-order valence-electron chi connectivity index (χ0n) is 32.2. The number of pyridine rings is 1. The summed E-state index contributed by atoms with van der Waals surface area (Å²) in [5.74, 6) is 2.18. The van der Waals surface area contributed by atoms with Gasteiger partial charge in [-0.15, -0.1) is 10.2 Å². The third kappa shape index (κ3) is 8.58. The molecule has 5 aromatic rings. The van der Waals surface area contributed by atoms with Gasteiger partial charge in [0, 0.05) is 30.1 Å². The SMILES string of the molecule is C[C@H]1CCCCN1c1nnc2ccc(O[C@@H]3CC[C@H](NC(=O)Nc4cc(C(C)(C)C)nn4-c4ccc(C#N)c(OCCOS(C)(=O)=O)c4)c4ccccc43)cn12. The maximum atomic E-state index is 13.8. The lowest BCUT2D eigenvalue weighted by molar-refractivity contribution is 0.171. The smallest absolute Gasteiger partial charge is 0.320 e. The molecule has 56 heavy (non-hydrogen) atoms. The number of carbonyl (C=O) groups is 1. The van der Waals surface area contributed by atoms with Crippen LogP contribution in [0.4, 0.5) is 16.6 Å². The number of hydrogen-bond acceptors (Lipinski definition) is 11. The number of carbonyl (C=O) groups excluding carboxylic acids is 1. The van der Waals surface area contributed by atoms with Crippen molar-refractivity contribution in [3.8, 4) is 23.3 Å². The predicted molar refractivity (Wildman–Crippen MR) is 211 cm³/mol. The number of urea groups is 1. The topological polar surface area (TPSA) is 178 Å². The monoisotopic (exact) mass is 781 g/mol. The van der Waals surface area contributed by atoms with Gasteiger partial charge in [-0.05, 0) is 74.4 Å². The molecular weight excluding hydrogens is 735 g/mol. The lowest BCUT2D eigenvalue weighted by Gasteiger charge is -2.33. The zero-order chi connectivity index (χ0) is 39.6. The number of nitrogens with zero attached hydrogens (tertiary/aromatic N) is 7. The Morgan fingerprint density at radius 1 is 1.00 bits per heavy atom. The molecule has 0 spiro atoms. The Hall–Kier alpha value is -5.66. The Labute approximate surface area is 326 Å². The number of hydrogen-bond donors (Lipinski definition) is 2. The first-order chi connectivity index (χ1) is 26.8. The summed E-state index contributed by atoms with van der Waals surface area (Å²) >= 11 is 0. The van der Waals surface area contributed by atoms with Gasteiger partial charge in [0.05, 0.1) is 35.4 Å². The Bertz CT molecular complexity index is 2380. The predicted octanol–water partition coefficient (Wildman–Crippen LogP) is 6.59. The van der Waals surface area contributed by atoms with E-state index >= 15 is 0 Å². The van der Waals surface area contributed by atoms with E-state index < -0.39 is 16.1 Å². The first-order valence-electron chi connectivity index (χ1n) is 18.8. The molecule has 0 unspecified atom stereocenters. The average Bonchev–Trinajstić information content (AvgIpc) is 3.79. The highest BCUT2D eigenvalue weighted by atomic mass is 32.2. The second kappa shape index (κ2) is 15.8. The summed E-state index contributed by atoms with van der Waals surface area (Å²) in [7, 11) is -3.65. The molecule has 0 saturated carbocycles. The van der Waals surface area contributed by atoms with Gasteiger partial charge in [0.2, 0.25) is 5.95 Å². The molecule has 2 N–H and O–H groups in total. The van der Waals surface area contributed by atoms with Crippen LogP contribution in [0.5, 0.6) is 11.5 Å². The number of benzene rings is 2. The van der Waals surface area contributed by atoms with Crippen molar-refractivity contribution in [2.24, 2.45) is 0 Å². The maximum Gasteiger partial charge on any atom is 0.320 e. The van der Waals surface area contributed by atoms with Crippen molar-refractivity contribution in [1.82, 2.24) is 29.7 Å². The van der Waals surface area contributed by atoms with E-state index in [-0.39, 0.29) is 42.1 Å². The van der Waals surface area contributed by atoms with Crippen molar-refractivity contribution >= 4 is 33.6 Å². The Morgan fingerprint density at radius 2 is 1.80 bits per heavy atom. The van der Waals surface area contributed by atoms with Gasteiger partial charge in [-0.3, -0.25) is 13.9 Å². The minimum Gasteiger partial charge on any atom is -0.490 e. The Kier molecular flexibility index (Phi) is 10.9. The third-order valence-corrected chi connectivity index (χ3v) is 10.7. The van der Waals surface area contributed by atoms with E-state index in [1.165, 1.54) is 6.42 Å². The van der Waals surface area contributed by atoms with Crippen molar-refractivity contribution in [2.45, 2.75) is 83.4 Å². The van der Waals surface area contributed by atoms with Crippen molar-refractivity contribution in [2.75, 3.05) is 36.2 Å². The number of amides is 2. The number of piperidine rings is 1. The summed E-state index contributed by atoms with van der Waals surface area (Å²) in [5.41, 5.74) is 3.90. The largest absolute Gasteiger partial charge is 0.490 e. The fourth-order valence-corrected chi connectivity index (χ4v) is 7.61. The van der Waals surface area contributed by atoms with Crippen LogP contribution in [0.2, 0.25) is 0 Å². The van der Waals surface area contributed by atoms with Gasteiger partial charge < -0.3 is 19.7 Å². The molecule has 3 atom stereocenters. The molecular formula is C40H47N9O6S. The molecule has 7 rings (SSSR count). The van der Waals surface area contributed by atoms with Crippen LogP contribution in [-0.2, 0) is 19.7 Å². The molecule has 2 amide bonds. The maximum absolute atomic E-state index is 13.8. The van der Waals surface area contributed by atoms with Crippen molar-refractivity contribution in [3.63, 3.8) is 0 Å². The fourth-order valence-electron chi connectivity index (χ4n) is 7.24. The van der Waals surface area contributed by atoms with Crippen molar-refractivity contribution in [3.05, 3.63) is 89.2 Å². The van der Waals surface area contributed by atoms with Gasteiger partial charge in [-0.25, -0.2) is 9.48 Å². The summed E-state index contributed by atoms with van der Waals surface area (Å²) in [6, 6.07) is 20.4. The number of fused-ring (bicyclic) bond motifs is 2. The quantitative estimate of drug-likeness (QED) is 0.109. The van der Waals surface area contributed by atoms with Gasteiger partial charge in [0.1, 0.15) is 42.7 Å². The normalized spacial score (nSPS) is 18.6. The standard InChI is InChI=1S/C40H47N9O6S/c1-26-10-8-9-19-47(26)39-45-44-36-18-15-29(25-48(36)39)55-33-17-16-32(30-11-6-7-12-31(30)33)42-38(50)43-37-23-35(40(2,3)4)46-49(37)28-14-13-27(24-41)34(22-28)53-20-21-54-56(5,51)52/h6-7,11-15,18,22-23,25-26,32-33H,8-10,16-17,19-21H2,1-5H3,(H2,42,43,50)/t26-,32-,33+/m0/s1. The van der Waals surface area contributed by atoms with E-state index in [4.69, 9.17) is 18.8 Å². The first-order valence-corrected chi connectivity index (χ1v) is 20.7. The van der Waals surface area contributed by atoms with Crippen LogP contribution in [-0.4, -0.2) is 70.9 Å². The summed E-state index contributed by atoms with van der Waals surface area (Å²) in [6.07, 6.45) is 7.49. The van der Waals surface area contributed by atoms with Crippen LogP contribution in [0.1, 0.15) is 94.3 Å². The van der Waals surface area contributed by atoms with Crippen LogP contribution in [0.25, 0.3) is 11.3 Å². The summed E-state index contributed by atoms with van der Waals surface area (Å²) in [4.78, 5) is 16.1. The molecule has 1 aliphatic heterocycles. The van der Waals surface area contributed by atoms with Crippen LogP contribution >= 0.6 is 0 Å². The van der Waals surface area contributed by atoms with Crippen LogP contribution < -0.4 is 25.0 Å². The summed E-state index contributed by atoms with van der Waals surface area (Å²) in [5, 5.41) is 29.6. The molecule has 294 valence electrons. The number of aromatic nitrogens is 5. The van der Waals surface area contributed by atoms with E-state index in [2.05, 4.69) is 38.7 Å². The minimum absolute atomic E-state index is 0.101. The van der Waals surface area contributed by atoms with E-state index in [0.717, 1.165) is 54.1 Å². The van der Waals surface area contributed by atoms with Crippen molar-refractivity contribution < 1.29 is 26.9 Å².